The molecule has 2 heterocycles. The zero-order valence-corrected chi connectivity index (χ0v) is 19.7. The molecule has 0 aliphatic heterocycles. The normalized spacial score (nSPS) is 17.3. The van der Waals surface area contributed by atoms with E-state index in [4.69, 9.17) is 9.90 Å². The van der Waals surface area contributed by atoms with Crippen molar-refractivity contribution in [2.45, 2.75) is 44.9 Å². The van der Waals surface area contributed by atoms with E-state index >= 15 is 0 Å². The average molecular weight is 473 g/mol. The second-order valence-corrected chi connectivity index (χ2v) is 8.77. The standard InChI is InChI=1S/C27H27FN4.CH2O2/c1-2-18-7-9-19(10-8-18)20-11-13-21(14-12-20)25-16-15-22(17-29-25)26-30-27(32-31-26)23-5-3-4-6-24(23)28;2-1-3/h3-6,11-19H,2,7-10H2,1H3,(H,30,31,32);1H,(H,2,3). The first-order valence-electron chi connectivity index (χ1n) is 11.9. The van der Waals surface area contributed by atoms with Gasteiger partial charge in [0.2, 0.25) is 0 Å². The van der Waals surface area contributed by atoms with E-state index in [-0.39, 0.29) is 12.3 Å². The number of aromatic amines is 1. The van der Waals surface area contributed by atoms with E-state index in [1.165, 1.54) is 43.7 Å². The third-order valence-corrected chi connectivity index (χ3v) is 6.74. The Bertz CT molecular complexity index is 1230. The number of hydrogen-bond acceptors (Lipinski definition) is 4. The maximum atomic E-state index is 14.0. The van der Waals surface area contributed by atoms with Crippen molar-refractivity contribution < 1.29 is 14.3 Å². The molecule has 2 N–H and O–H groups in total. The molecule has 0 radical (unpaired) electrons. The number of carbonyl (C=O) groups is 1. The number of nitrogens with zero attached hydrogens (tertiary/aromatic N) is 3. The van der Waals surface area contributed by atoms with Gasteiger partial charge in [0, 0.05) is 17.3 Å². The molecule has 0 spiro atoms. The summed E-state index contributed by atoms with van der Waals surface area (Å²) in [5.41, 5.74) is 4.65. The number of halogens is 1. The Hall–Kier alpha value is -3.87. The Morgan fingerprint density at radius 2 is 1.69 bits per heavy atom. The van der Waals surface area contributed by atoms with Gasteiger partial charge in [-0.1, -0.05) is 49.7 Å². The van der Waals surface area contributed by atoms with Gasteiger partial charge in [0.15, 0.2) is 11.6 Å². The lowest BCUT2D eigenvalue weighted by Crippen LogP contribution is -2.12. The minimum atomic E-state index is -0.328. The molecule has 6 nitrogen and oxygen atoms in total. The maximum absolute atomic E-state index is 14.0. The first-order valence-corrected chi connectivity index (χ1v) is 11.9. The van der Waals surface area contributed by atoms with Crippen molar-refractivity contribution in [2.24, 2.45) is 5.92 Å². The Kier molecular flexibility index (Phi) is 7.98. The van der Waals surface area contributed by atoms with Crippen LogP contribution in [0, 0.1) is 11.7 Å². The molecule has 0 bridgehead atoms. The van der Waals surface area contributed by atoms with Gasteiger partial charge >= 0.3 is 0 Å². The number of rotatable bonds is 5. The predicted octanol–water partition coefficient (Wildman–Crippen LogP) is 6.72. The van der Waals surface area contributed by atoms with Crippen molar-refractivity contribution in [1.82, 2.24) is 20.2 Å². The van der Waals surface area contributed by atoms with Gasteiger partial charge in [0.05, 0.1) is 11.3 Å². The smallest absolute Gasteiger partial charge is 0.290 e. The van der Waals surface area contributed by atoms with Crippen LogP contribution in [-0.4, -0.2) is 31.7 Å². The molecule has 7 heteroatoms. The lowest BCUT2D eigenvalue weighted by molar-refractivity contribution is -0.122. The van der Waals surface area contributed by atoms with Crippen molar-refractivity contribution in [3.8, 4) is 34.0 Å². The molecular formula is C28H29FN4O2. The molecule has 1 saturated carbocycles. The molecule has 4 aromatic rings. The van der Waals surface area contributed by atoms with Gasteiger partial charge in [-0.3, -0.25) is 14.9 Å². The molecule has 0 unspecified atom stereocenters. The molecule has 1 aliphatic rings. The van der Waals surface area contributed by atoms with Crippen LogP contribution < -0.4 is 0 Å². The van der Waals surface area contributed by atoms with Crippen LogP contribution in [0.2, 0.25) is 0 Å². The highest BCUT2D eigenvalue weighted by Crippen LogP contribution is 2.37. The summed E-state index contributed by atoms with van der Waals surface area (Å²) in [5, 5.41) is 13.9. The van der Waals surface area contributed by atoms with Crippen LogP contribution in [0.15, 0.2) is 66.9 Å². The van der Waals surface area contributed by atoms with Crippen LogP contribution >= 0.6 is 0 Å². The Morgan fingerprint density at radius 3 is 2.31 bits per heavy atom. The monoisotopic (exact) mass is 472 g/mol. The maximum Gasteiger partial charge on any atom is 0.290 e. The van der Waals surface area contributed by atoms with Gasteiger partial charge in [-0.2, -0.15) is 5.10 Å². The number of H-pyrrole nitrogens is 1. The van der Waals surface area contributed by atoms with Crippen LogP contribution in [0.3, 0.4) is 0 Å². The summed E-state index contributed by atoms with van der Waals surface area (Å²) >= 11 is 0. The van der Waals surface area contributed by atoms with Crippen LogP contribution in [0.1, 0.15) is 50.5 Å². The number of pyridine rings is 1. The molecule has 0 saturated heterocycles. The highest BCUT2D eigenvalue weighted by atomic mass is 19.1. The van der Waals surface area contributed by atoms with E-state index in [1.807, 2.05) is 12.1 Å². The van der Waals surface area contributed by atoms with Crippen molar-refractivity contribution >= 4 is 6.47 Å². The topological polar surface area (TPSA) is 91.8 Å². The number of benzene rings is 2. The molecule has 0 atom stereocenters. The van der Waals surface area contributed by atoms with Crippen LogP contribution in [0.5, 0.6) is 0 Å². The largest absolute Gasteiger partial charge is 0.483 e. The zero-order chi connectivity index (χ0) is 24.6. The van der Waals surface area contributed by atoms with Gasteiger partial charge in [0.25, 0.3) is 6.47 Å². The van der Waals surface area contributed by atoms with Crippen molar-refractivity contribution in [3.05, 3.63) is 78.2 Å². The zero-order valence-electron chi connectivity index (χ0n) is 19.7. The van der Waals surface area contributed by atoms with Crippen molar-refractivity contribution in [1.29, 1.82) is 0 Å². The second-order valence-electron chi connectivity index (χ2n) is 8.77. The summed E-state index contributed by atoms with van der Waals surface area (Å²) in [6.07, 6.45) is 8.39. The number of aromatic nitrogens is 4. The molecule has 2 aromatic heterocycles. The van der Waals surface area contributed by atoms with Gasteiger partial charge in [-0.15, -0.1) is 0 Å². The summed E-state index contributed by atoms with van der Waals surface area (Å²) < 4.78 is 14.0. The fourth-order valence-corrected chi connectivity index (χ4v) is 4.69. The fourth-order valence-electron chi connectivity index (χ4n) is 4.69. The summed E-state index contributed by atoms with van der Waals surface area (Å²) in [5.74, 6) is 2.19. The number of nitrogens with one attached hydrogen (secondary N) is 1. The summed E-state index contributed by atoms with van der Waals surface area (Å²) in [4.78, 5) is 17.4. The summed E-state index contributed by atoms with van der Waals surface area (Å²) in [6, 6.07) is 19.3. The Morgan fingerprint density at radius 1 is 1.00 bits per heavy atom. The van der Waals surface area contributed by atoms with E-state index in [0.29, 0.717) is 23.1 Å². The molecule has 2 aromatic carbocycles. The number of hydrogen-bond donors (Lipinski definition) is 2. The second kappa shape index (κ2) is 11.5. The fraction of sp³-hybridized carbons (Fsp3) is 0.286. The molecule has 35 heavy (non-hydrogen) atoms. The highest BCUT2D eigenvalue weighted by molar-refractivity contribution is 5.65. The third-order valence-electron chi connectivity index (χ3n) is 6.74. The minimum absolute atomic E-state index is 0.250. The van der Waals surface area contributed by atoms with Gasteiger partial charge in [-0.05, 0) is 67.3 Å². The van der Waals surface area contributed by atoms with E-state index < -0.39 is 0 Å². The van der Waals surface area contributed by atoms with Crippen molar-refractivity contribution in [2.75, 3.05) is 0 Å². The van der Waals surface area contributed by atoms with Crippen LogP contribution in [-0.2, 0) is 4.79 Å². The Balaban J connectivity index is 0.000000917. The number of carboxylic acid groups (broad SMARTS) is 1. The van der Waals surface area contributed by atoms with Gasteiger partial charge in [-0.25, -0.2) is 9.37 Å². The lowest BCUT2D eigenvalue weighted by Gasteiger charge is -2.28. The Labute approximate surface area is 204 Å². The van der Waals surface area contributed by atoms with E-state index in [1.54, 1.807) is 24.4 Å². The van der Waals surface area contributed by atoms with Crippen molar-refractivity contribution in [3.63, 3.8) is 0 Å². The van der Waals surface area contributed by atoms with Gasteiger partial charge < -0.3 is 5.11 Å². The first-order chi connectivity index (χ1) is 17.1. The van der Waals surface area contributed by atoms with E-state index in [2.05, 4.69) is 51.4 Å². The van der Waals surface area contributed by atoms with Crippen LogP contribution in [0.4, 0.5) is 4.39 Å². The molecule has 0 amide bonds. The predicted molar refractivity (Wildman–Crippen MR) is 134 cm³/mol. The lowest BCUT2D eigenvalue weighted by atomic mass is 9.78. The van der Waals surface area contributed by atoms with E-state index in [0.717, 1.165) is 22.7 Å². The molecule has 1 fully saturated rings. The third kappa shape index (κ3) is 5.80. The average Bonchev–Trinajstić information content (AvgIpc) is 3.40. The molecular weight excluding hydrogens is 443 g/mol. The van der Waals surface area contributed by atoms with Gasteiger partial charge in [0.1, 0.15) is 5.82 Å². The summed E-state index contributed by atoms with van der Waals surface area (Å²) in [6.45, 7) is 2.06. The van der Waals surface area contributed by atoms with Crippen LogP contribution in [0.25, 0.3) is 34.0 Å². The summed E-state index contributed by atoms with van der Waals surface area (Å²) in [7, 11) is 0. The minimum Gasteiger partial charge on any atom is -0.483 e. The first kappa shape index (κ1) is 24.3. The SMILES string of the molecule is CCC1CCC(c2ccc(-c3ccc(-c4n[nH]c(-c5ccccc5F)n4)cn3)cc2)CC1.O=CO. The molecule has 5 rings (SSSR count). The molecule has 1 aliphatic carbocycles. The van der Waals surface area contributed by atoms with E-state index in [9.17, 15) is 4.39 Å². The molecule has 180 valence electrons. The highest BCUT2D eigenvalue weighted by Gasteiger charge is 2.21. The quantitative estimate of drug-likeness (QED) is 0.314.